The SMILES string of the molecule is CC(C)(C)c1ccnc(NC(=O)Nc2ccc(Oc3ccnc(C#N)c3)cc2C(N)=O)c1. The molecule has 3 rings (SSSR count). The van der Waals surface area contributed by atoms with E-state index in [1.54, 1.807) is 24.4 Å². The van der Waals surface area contributed by atoms with E-state index in [1.807, 2.05) is 12.1 Å². The lowest BCUT2D eigenvalue weighted by molar-refractivity contribution is 0.100. The zero-order valence-electron chi connectivity index (χ0n) is 17.8. The molecule has 0 saturated carbocycles. The lowest BCUT2D eigenvalue weighted by atomic mass is 9.88. The zero-order valence-corrected chi connectivity index (χ0v) is 17.8. The van der Waals surface area contributed by atoms with Gasteiger partial charge in [0, 0.05) is 18.5 Å². The quantitative estimate of drug-likeness (QED) is 0.554. The van der Waals surface area contributed by atoms with Crippen LogP contribution in [0.1, 0.15) is 42.4 Å². The molecule has 3 amide bonds. The summed E-state index contributed by atoms with van der Waals surface area (Å²) in [6.45, 7) is 6.17. The summed E-state index contributed by atoms with van der Waals surface area (Å²) in [5, 5.41) is 14.2. The van der Waals surface area contributed by atoms with Gasteiger partial charge in [0.2, 0.25) is 0 Å². The van der Waals surface area contributed by atoms with Gasteiger partial charge in [-0.05, 0) is 47.4 Å². The number of hydrogen-bond acceptors (Lipinski definition) is 6. The first-order chi connectivity index (χ1) is 15.2. The number of hydrogen-bond donors (Lipinski definition) is 3. The number of ether oxygens (including phenoxy) is 1. The van der Waals surface area contributed by atoms with Crippen LogP contribution < -0.4 is 21.1 Å². The number of amides is 3. The average Bonchev–Trinajstić information content (AvgIpc) is 2.74. The summed E-state index contributed by atoms with van der Waals surface area (Å²) in [6.07, 6.45) is 3.06. The largest absolute Gasteiger partial charge is 0.457 e. The molecule has 0 spiro atoms. The summed E-state index contributed by atoms with van der Waals surface area (Å²) in [7, 11) is 0. The van der Waals surface area contributed by atoms with Gasteiger partial charge in [-0.25, -0.2) is 14.8 Å². The molecule has 32 heavy (non-hydrogen) atoms. The summed E-state index contributed by atoms with van der Waals surface area (Å²) < 4.78 is 5.68. The van der Waals surface area contributed by atoms with E-state index < -0.39 is 11.9 Å². The van der Waals surface area contributed by atoms with Gasteiger partial charge in [-0.3, -0.25) is 10.1 Å². The minimum Gasteiger partial charge on any atom is -0.457 e. The van der Waals surface area contributed by atoms with E-state index in [0.717, 1.165) is 5.56 Å². The molecule has 0 atom stereocenters. The second-order valence-electron chi connectivity index (χ2n) is 7.92. The van der Waals surface area contributed by atoms with Crippen LogP contribution in [-0.2, 0) is 5.41 Å². The van der Waals surface area contributed by atoms with Gasteiger partial charge in [0.15, 0.2) is 0 Å². The normalized spacial score (nSPS) is 10.7. The molecule has 0 bridgehead atoms. The van der Waals surface area contributed by atoms with Crippen molar-refractivity contribution in [3.8, 4) is 17.6 Å². The average molecular weight is 430 g/mol. The van der Waals surface area contributed by atoms with Crippen molar-refractivity contribution in [2.45, 2.75) is 26.2 Å². The number of anilines is 2. The zero-order chi connectivity index (χ0) is 23.3. The minimum atomic E-state index is -0.744. The van der Waals surface area contributed by atoms with E-state index >= 15 is 0 Å². The third-order valence-electron chi connectivity index (χ3n) is 4.45. The number of nitriles is 1. The second kappa shape index (κ2) is 9.14. The highest BCUT2D eigenvalue weighted by Crippen LogP contribution is 2.27. The fourth-order valence-electron chi connectivity index (χ4n) is 2.81. The molecule has 0 radical (unpaired) electrons. The van der Waals surface area contributed by atoms with Crippen molar-refractivity contribution in [1.82, 2.24) is 9.97 Å². The first-order valence-electron chi connectivity index (χ1n) is 9.68. The van der Waals surface area contributed by atoms with E-state index in [2.05, 4.69) is 41.4 Å². The molecule has 0 saturated heterocycles. The maximum absolute atomic E-state index is 12.5. The van der Waals surface area contributed by atoms with Crippen molar-refractivity contribution in [2.75, 3.05) is 10.6 Å². The molecule has 0 aliphatic rings. The van der Waals surface area contributed by atoms with E-state index in [-0.39, 0.29) is 22.4 Å². The number of aromatic nitrogens is 2. The van der Waals surface area contributed by atoms with Crippen molar-refractivity contribution < 1.29 is 14.3 Å². The van der Waals surface area contributed by atoms with Crippen LogP contribution in [-0.4, -0.2) is 21.9 Å². The first-order valence-corrected chi connectivity index (χ1v) is 9.68. The van der Waals surface area contributed by atoms with Crippen LogP contribution in [0.25, 0.3) is 0 Å². The van der Waals surface area contributed by atoms with Gasteiger partial charge in [0.25, 0.3) is 5.91 Å². The van der Waals surface area contributed by atoms with Crippen molar-refractivity contribution in [2.24, 2.45) is 5.73 Å². The van der Waals surface area contributed by atoms with Gasteiger partial charge in [-0.15, -0.1) is 0 Å². The van der Waals surface area contributed by atoms with Crippen molar-refractivity contribution >= 4 is 23.4 Å². The van der Waals surface area contributed by atoms with Gasteiger partial charge in [0.1, 0.15) is 29.1 Å². The highest BCUT2D eigenvalue weighted by molar-refractivity contribution is 6.06. The van der Waals surface area contributed by atoms with E-state index in [0.29, 0.717) is 17.3 Å². The van der Waals surface area contributed by atoms with E-state index in [4.69, 9.17) is 15.7 Å². The van der Waals surface area contributed by atoms with Crippen LogP contribution in [0.3, 0.4) is 0 Å². The monoisotopic (exact) mass is 430 g/mol. The van der Waals surface area contributed by atoms with E-state index in [1.165, 1.54) is 24.4 Å². The Hall–Kier alpha value is -4.45. The van der Waals surface area contributed by atoms with Crippen LogP contribution in [0.2, 0.25) is 0 Å². The van der Waals surface area contributed by atoms with Gasteiger partial charge < -0.3 is 15.8 Å². The molecule has 9 heteroatoms. The summed E-state index contributed by atoms with van der Waals surface area (Å²) in [5.41, 5.74) is 6.86. The second-order valence-corrected chi connectivity index (χ2v) is 7.92. The molecule has 162 valence electrons. The number of nitrogens with zero attached hydrogens (tertiary/aromatic N) is 3. The Bertz CT molecular complexity index is 1210. The molecule has 3 aromatic rings. The number of nitrogens with one attached hydrogen (secondary N) is 2. The van der Waals surface area contributed by atoms with Crippen LogP contribution in [0.5, 0.6) is 11.5 Å². The summed E-state index contributed by atoms with van der Waals surface area (Å²) in [5.74, 6) is 0.308. The Morgan fingerprint density at radius 1 is 1.00 bits per heavy atom. The van der Waals surface area contributed by atoms with Gasteiger partial charge in [-0.1, -0.05) is 20.8 Å². The summed E-state index contributed by atoms with van der Waals surface area (Å²) in [6, 6.07) is 12.5. The predicted molar refractivity (Wildman–Crippen MR) is 120 cm³/mol. The molecular formula is C23H22N6O3. The topological polar surface area (TPSA) is 143 Å². The molecule has 9 nitrogen and oxygen atoms in total. The Balaban J connectivity index is 1.77. The van der Waals surface area contributed by atoms with Crippen LogP contribution in [0.4, 0.5) is 16.3 Å². The molecule has 0 aliphatic carbocycles. The summed E-state index contributed by atoms with van der Waals surface area (Å²) in [4.78, 5) is 32.5. The number of primary amides is 1. The van der Waals surface area contributed by atoms with Crippen molar-refractivity contribution in [1.29, 1.82) is 5.26 Å². The van der Waals surface area contributed by atoms with E-state index in [9.17, 15) is 9.59 Å². The molecule has 0 aliphatic heterocycles. The molecule has 0 unspecified atom stereocenters. The molecular weight excluding hydrogens is 408 g/mol. The standard InChI is InChI=1S/C23H22N6O3/c1-23(2,3)14-6-8-27-20(10-14)29-22(31)28-19-5-4-16(12-18(19)21(25)30)32-17-7-9-26-15(11-17)13-24/h4-12H,1-3H3,(H2,25,30)(H2,27,28,29,31). The van der Waals surface area contributed by atoms with Crippen molar-refractivity contribution in [3.63, 3.8) is 0 Å². The van der Waals surface area contributed by atoms with Gasteiger partial charge in [0.05, 0.1) is 11.3 Å². The Morgan fingerprint density at radius 3 is 2.41 bits per heavy atom. The van der Waals surface area contributed by atoms with Crippen molar-refractivity contribution in [3.05, 3.63) is 71.7 Å². The summed E-state index contributed by atoms with van der Waals surface area (Å²) >= 11 is 0. The number of pyridine rings is 2. The predicted octanol–water partition coefficient (Wildman–Crippen LogP) is 4.18. The fraction of sp³-hybridized carbons (Fsp3) is 0.174. The number of rotatable bonds is 5. The highest BCUT2D eigenvalue weighted by Gasteiger charge is 2.16. The third kappa shape index (κ3) is 5.58. The lowest BCUT2D eigenvalue weighted by Gasteiger charge is -2.19. The van der Waals surface area contributed by atoms with Crippen LogP contribution in [0, 0.1) is 11.3 Å². The number of carbonyl (C=O) groups excluding carboxylic acids is 2. The number of benzene rings is 1. The Kier molecular flexibility index (Phi) is 6.35. The molecule has 4 N–H and O–H groups in total. The molecule has 2 aromatic heterocycles. The Morgan fingerprint density at radius 2 is 1.72 bits per heavy atom. The van der Waals surface area contributed by atoms with Gasteiger partial charge in [-0.2, -0.15) is 5.26 Å². The maximum Gasteiger partial charge on any atom is 0.324 e. The highest BCUT2D eigenvalue weighted by atomic mass is 16.5. The smallest absolute Gasteiger partial charge is 0.324 e. The first kappa shape index (κ1) is 22.2. The molecule has 1 aromatic carbocycles. The third-order valence-corrected chi connectivity index (χ3v) is 4.45. The maximum atomic E-state index is 12.5. The van der Waals surface area contributed by atoms with Crippen LogP contribution in [0.15, 0.2) is 54.9 Å². The number of urea groups is 1. The number of nitrogens with two attached hydrogens (primary N) is 1. The minimum absolute atomic E-state index is 0.0589. The Labute approximate surface area is 185 Å². The van der Waals surface area contributed by atoms with Crippen LogP contribution >= 0.6 is 0 Å². The molecule has 2 heterocycles. The molecule has 0 fully saturated rings. The number of carbonyl (C=O) groups is 2. The fourth-order valence-corrected chi connectivity index (χ4v) is 2.81. The lowest BCUT2D eigenvalue weighted by Crippen LogP contribution is -2.23. The van der Waals surface area contributed by atoms with Gasteiger partial charge >= 0.3 is 6.03 Å².